The lowest BCUT2D eigenvalue weighted by atomic mass is 10.2. The van der Waals surface area contributed by atoms with E-state index in [4.69, 9.17) is 0 Å². The van der Waals surface area contributed by atoms with Crippen molar-refractivity contribution in [2.75, 3.05) is 16.7 Å². The molecule has 138 valence electrons. The molecular weight excluding hydrogens is 360 g/mol. The minimum absolute atomic E-state index is 0.0614. The highest BCUT2D eigenvalue weighted by atomic mass is 32.2. The van der Waals surface area contributed by atoms with Gasteiger partial charge in [0.1, 0.15) is 0 Å². The lowest BCUT2D eigenvalue weighted by Gasteiger charge is -2.20. The Morgan fingerprint density at radius 2 is 1.56 bits per heavy atom. The van der Waals surface area contributed by atoms with Gasteiger partial charge in [0, 0.05) is 18.3 Å². The summed E-state index contributed by atoms with van der Waals surface area (Å²) in [5.74, 6) is -0.365. The fraction of sp³-hybridized carbons (Fsp3) is 0.0952. The molecule has 3 aromatic rings. The summed E-state index contributed by atoms with van der Waals surface area (Å²) in [6.07, 6.45) is 0. The number of carbonyl (C=O) groups excluding carboxylic acids is 1. The number of nitrogens with zero attached hydrogens (tertiary/aromatic N) is 1. The summed E-state index contributed by atoms with van der Waals surface area (Å²) >= 11 is 0. The minimum atomic E-state index is -3.78. The maximum atomic E-state index is 12.9. The van der Waals surface area contributed by atoms with Gasteiger partial charge < -0.3 is 5.32 Å². The molecule has 0 heterocycles. The molecule has 0 saturated carbocycles. The number of nitrogens with one attached hydrogen (secondary N) is 1. The van der Waals surface area contributed by atoms with Crippen molar-refractivity contribution < 1.29 is 13.2 Å². The summed E-state index contributed by atoms with van der Waals surface area (Å²) in [5.41, 5.74) is 2.52. The molecule has 0 aliphatic carbocycles. The average Bonchev–Trinajstić information content (AvgIpc) is 2.69. The monoisotopic (exact) mass is 380 g/mol. The molecule has 0 atom stereocenters. The Morgan fingerprint density at radius 1 is 0.889 bits per heavy atom. The Bertz CT molecular complexity index is 1050. The van der Waals surface area contributed by atoms with Crippen LogP contribution in [0.25, 0.3) is 0 Å². The van der Waals surface area contributed by atoms with Gasteiger partial charge in [-0.3, -0.25) is 9.10 Å². The lowest BCUT2D eigenvalue weighted by Crippen LogP contribution is -2.26. The molecule has 1 amide bonds. The number of rotatable bonds is 5. The van der Waals surface area contributed by atoms with E-state index in [1.807, 2.05) is 37.3 Å². The maximum absolute atomic E-state index is 12.9. The van der Waals surface area contributed by atoms with E-state index in [2.05, 4.69) is 5.32 Å². The van der Waals surface area contributed by atoms with Gasteiger partial charge in [0.15, 0.2) is 0 Å². The number of aryl methyl sites for hydroxylation is 1. The van der Waals surface area contributed by atoms with E-state index in [0.29, 0.717) is 11.4 Å². The number of hydrogen-bond donors (Lipinski definition) is 1. The molecule has 6 heteroatoms. The van der Waals surface area contributed by atoms with Gasteiger partial charge in [-0.1, -0.05) is 42.0 Å². The van der Waals surface area contributed by atoms with E-state index >= 15 is 0 Å². The molecule has 0 aromatic heterocycles. The van der Waals surface area contributed by atoms with Crippen LogP contribution < -0.4 is 9.62 Å². The van der Waals surface area contributed by atoms with Crippen molar-refractivity contribution in [3.63, 3.8) is 0 Å². The first-order valence-electron chi connectivity index (χ1n) is 8.40. The third-order valence-corrected chi connectivity index (χ3v) is 5.97. The topological polar surface area (TPSA) is 66.5 Å². The number of hydrogen-bond acceptors (Lipinski definition) is 3. The zero-order valence-corrected chi connectivity index (χ0v) is 15.9. The highest BCUT2D eigenvalue weighted by Crippen LogP contribution is 2.23. The SMILES string of the molecule is Cc1ccc(N(C)S(=O)(=O)c2cccc(C(=O)Nc3ccccc3)c2)cc1. The van der Waals surface area contributed by atoms with Crippen LogP contribution in [0.5, 0.6) is 0 Å². The fourth-order valence-electron chi connectivity index (χ4n) is 2.57. The molecule has 27 heavy (non-hydrogen) atoms. The summed E-state index contributed by atoms with van der Waals surface area (Å²) in [4.78, 5) is 12.5. The van der Waals surface area contributed by atoms with E-state index in [-0.39, 0.29) is 16.4 Å². The first-order chi connectivity index (χ1) is 12.9. The second-order valence-corrected chi connectivity index (χ2v) is 8.13. The normalized spacial score (nSPS) is 11.0. The minimum Gasteiger partial charge on any atom is -0.322 e. The van der Waals surface area contributed by atoms with E-state index in [9.17, 15) is 13.2 Å². The van der Waals surface area contributed by atoms with Crippen LogP contribution in [0.3, 0.4) is 0 Å². The van der Waals surface area contributed by atoms with Gasteiger partial charge in [0.25, 0.3) is 15.9 Å². The van der Waals surface area contributed by atoms with Gasteiger partial charge >= 0.3 is 0 Å². The van der Waals surface area contributed by atoms with Crippen LogP contribution in [-0.2, 0) is 10.0 Å². The lowest BCUT2D eigenvalue weighted by molar-refractivity contribution is 0.102. The van der Waals surface area contributed by atoms with Gasteiger partial charge in [-0.2, -0.15) is 0 Å². The number of amides is 1. The Hall–Kier alpha value is -3.12. The Balaban J connectivity index is 1.87. The predicted molar refractivity (Wildman–Crippen MR) is 108 cm³/mol. The Kier molecular flexibility index (Phi) is 5.28. The van der Waals surface area contributed by atoms with Crippen molar-refractivity contribution in [1.82, 2.24) is 0 Å². The third kappa shape index (κ3) is 4.17. The highest BCUT2D eigenvalue weighted by molar-refractivity contribution is 7.92. The molecular formula is C21H20N2O3S. The Labute approximate surface area is 159 Å². The first-order valence-corrected chi connectivity index (χ1v) is 9.84. The molecule has 0 aliphatic heterocycles. The molecule has 1 N–H and O–H groups in total. The van der Waals surface area contributed by atoms with Crippen LogP contribution in [0.4, 0.5) is 11.4 Å². The first kappa shape index (κ1) is 18.7. The molecule has 0 aliphatic rings. The smallest absolute Gasteiger partial charge is 0.264 e. The van der Waals surface area contributed by atoms with Crippen LogP contribution in [0.2, 0.25) is 0 Å². The summed E-state index contributed by atoms with van der Waals surface area (Å²) < 4.78 is 27.1. The Morgan fingerprint density at radius 3 is 2.22 bits per heavy atom. The molecule has 5 nitrogen and oxygen atoms in total. The molecule has 0 radical (unpaired) electrons. The van der Waals surface area contributed by atoms with Gasteiger partial charge in [-0.15, -0.1) is 0 Å². The van der Waals surface area contributed by atoms with Crippen molar-refractivity contribution in [2.45, 2.75) is 11.8 Å². The second-order valence-electron chi connectivity index (χ2n) is 6.16. The van der Waals surface area contributed by atoms with Crippen LogP contribution in [0, 0.1) is 6.92 Å². The summed E-state index contributed by atoms with van der Waals surface area (Å²) in [6.45, 7) is 1.94. The van der Waals surface area contributed by atoms with Gasteiger partial charge in [0.2, 0.25) is 0 Å². The van der Waals surface area contributed by atoms with E-state index in [1.54, 1.807) is 36.4 Å². The molecule has 0 unspecified atom stereocenters. The number of anilines is 2. The quantitative estimate of drug-likeness (QED) is 0.725. The van der Waals surface area contributed by atoms with Crippen molar-refractivity contribution in [3.05, 3.63) is 90.0 Å². The van der Waals surface area contributed by atoms with Gasteiger partial charge in [0.05, 0.1) is 10.6 Å². The van der Waals surface area contributed by atoms with Crippen molar-refractivity contribution in [1.29, 1.82) is 0 Å². The van der Waals surface area contributed by atoms with E-state index in [0.717, 1.165) is 5.56 Å². The van der Waals surface area contributed by atoms with Crippen LogP contribution in [-0.4, -0.2) is 21.4 Å². The van der Waals surface area contributed by atoms with E-state index in [1.165, 1.54) is 23.5 Å². The van der Waals surface area contributed by atoms with Crippen molar-refractivity contribution in [2.24, 2.45) is 0 Å². The molecule has 0 fully saturated rings. The number of benzene rings is 3. The largest absolute Gasteiger partial charge is 0.322 e. The van der Waals surface area contributed by atoms with Crippen LogP contribution in [0.15, 0.2) is 83.8 Å². The molecule has 0 spiro atoms. The van der Waals surface area contributed by atoms with Crippen molar-refractivity contribution in [3.8, 4) is 0 Å². The number of sulfonamides is 1. The number of para-hydroxylation sites is 1. The third-order valence-electron chi connectivity index (χ3n) is 4.18. The predicted octanol–water partition coefficient (Wildman–Crippen LogP) is 4.07. The maximum Gasteiger partial charge on any atom is 0.264 e. The summed E-state index contributed by atoms with van der Waals surface area (Å²) in [5, 5.41) is 2.76. The zero-order chi connectivity index (χ0) is 19.4. The van der Waals surface area contributed by atoms with E-state index < -0.39 is 10.0 Å². The zero-order valence-electron chi connectivity index (χ0n) is 15.1. The van der Waals surface area contributed by atoms with Gasteiger partial charge in [-0.05, 0) is 49.4 Å². The van der Waals surface area contributed by atoms with Crippen molar-refractivity contribution >= 4 is 27.3 Å². The standard InChI is InChI=1S/C21H20N2O3S/c1-16-11-13-19(14-12-16)23(2)27(25,26)20-10-6-7-17(15-20)21(24)22-18-8-4-3-5-9-18/h3-15H,1-2H3,(H,22,24). The highest BCUT2D eigenvalue weighted by Gasteiger charge is 2.22. The summed E-state index contributed by atoms with van der Waals surface area (Å²) in [6, 6.07) is 22.2. The molecule has 0 saturated heterocycles. The molecule has 0 bridgehead atoms. The average molecular weight is 380 g/mol. The van der Waals surface area contributed by atoms with Crippen LogP contribution in [0.1, 0.15) is 15.9 Å². The molecule has 3 aromatic carbocycles. The van der Waals surface area contributed by atoms with Gasteiger partial charge in [-0.25, -0.2) is 8.42 Å². The number of carbonyl (C=O) groups is 1. The second kappa shape index (κ2) is 7.63. The molecule has 3 rings (SSSR count). The summed E-state index contributed by atoms with van der Waals surface area (Å²) in [7, 11) is -2.28. The fourth-order valence-corrected chi connectivity index (χ4v) is 3.82. The van der Waals surface area contributed by atoms with Crippen LogP contribution >= 0.6 is 0 Å².